The Hall–Kier alpha value is -3.65. The second-order valence-corrected chi connectivity index (χ2v) is 12.5. The van der Waals surface area contributed by atoms with E-state index in [9.17, 15) is 18.0 Å². The number of anilines is 1. The smallest absolute Gasteiger partial charge is 0.264 e. The van der Waals surface area contributed by atoms with Crippen LogP contribution in [0.1, 0.15) is 49.4 Å². The fraction of sp³-hybridized carbons (Fsp3) is 0.375. The second kappa shape index (κ2) is 13.6. The summed E-state index contributed by atoms with van der Waals surface area (Å²) in [5, 5.41) is 2.96. The summed E-state index contributed by atoms with van der Waals surface area (Å²) in [6.07, 6.45) is 0.385. The molecule has 0 aliphatic carbocycles. The summed E-state index contributed by atoms with van der Waals surface area (Å²) in [5.41, 5.74) is 4.01. The highest BCUT2D eigenvalue weighted by Gasteiger charge is 2.34. The highest BCUT2D eigenvalue weighted by atomic mass is 32.2. The summed E-state index contributed by atoms with van der Waals surface area (Å²) in [7, 11) is -4.09. The zero-order chi connectivity index (χ0) is 29.4. The number of carbonyl (C=O) groups is 2. The largest absolute Gasteiger partial charge is 0.354 e. The molecule has 3 aromatic rings. The van der Waals surface area contributed by atoms with Crippen LogP contribution >= 0.6 is 0 Å². The minimum absolute atomic E-state index is 0.0932. The van der Waals surface area contributed by atoms with E-state index in [4.69, 9.17) is 0 Å². The molecular weight excluding hydrogens is 522 g/mol. The average molecular weight is 564 g/mol. The summed E-state index contributed by atoms with van der Waals surface area (Å²) in [6, 6.07) is 20.5. The van der Waals surface area contributed by atoms with Gasteiger partial charge in [-0.15, -0.1) is 0 Å². The number of amides is 2. The zero-order valence-electron chi connectivity index (χ0n) is 24.3. The standard InChI is InChI=1S/C32H41N3O4S/c1-7-29(32(37)33-20-23(2)3)34(21-27-15-11-13-24(4)19-27)31(36)22-35(30-18-12-14-25(5)26(30)6)40(38,39)28-16-9-8-10-17-28/h8-19,23,29H,7,20-22H2,1-6H3,(H,33,37)/t29-/m0/s1. The van der Waals surface area contributed by atoms with Crippen LogP contribution < -0.4 is 9.62 Å². The summed E-state index contributed by atoms with van der Waals surface area (Å²) >= 11 is 0. The number of hydrogen-bond donors (Lipinski definition) is 1. The molecule has 3 aromatic carbocycles. The van der Waals surface area contributed by atoms with Crippen LogP contribution in [0.4, 0.5) is 5.69 Å². The van der Waals surface area contributed by atoms with E-state index in [-0.39, 0.29) is 23.3 Å². The maximum Gasteiger partial charge on any atom is 0.264 e. The average Bonchev–Trinajstić information content (AvgIpc) is 2.92. The van der Waals surface area contributed by atoms with Crippen LogP contribution in [0.3, 0.4) is 0 Å². The molecule has 0 aromatic heterocycles. The van der Waals surface area contributed by atoms with Crippen molar-refractivity contribution in [1.82, 2.24) is 10.2 Å². The van der Waals surface area contributed by atoms with Crippen molar-refractivity contribution in [3.05, 3.63) is 95.1 Å². The van der Waals surface area contributed by atoms with Gasteiger partial charge in [0.05, 0.1) is 10.6 Å². The highest BCUT2D eigenvalue weighted by molar-refractivity contribution is 7.92. The molecule has 0 aliphatic rings. The van der Waals surface area contributed by atoms with Crippen LogP contribution in [0.15, 0.2) is 77.7 Å². The Balaban J connectivity index is 2.08. The number of rotatable bonds is 12. The summed E-state index contributed by atoms with van der Waals surface area (Å²) in [4.78, 5) is 29.1. The first-order chi connectivity index (χ1) is 18.9. The van der Waals surface area contributed by atoms with Crippen molar-refractivity contribution in [1.29, 1.82) is 0 Å². The van der Waals surface area contributed by atoms with Gasteiger partial charge in [-0.05, 0) is 68.0 Å². The van der Waals surface area contributed by atoms with E-state index < -0.39 is 28.5 Å². The molecule has 0 aliphatic heterocycles. The number of nitrogens with zero attached hydrogens (tertiary/aromatic N) is 2. The Kier molecular flexibility index (Phi) is 10.5. The Morgan fingerprint density at radius 3 is 2.20 bits per heavy atom. The van der Waals surface area contributed by atoms with Crippen molar-refractivity contribution in [2.24, 2.45) is 5.92 Å². The Bertz CT molecular complexity index is 1420. The van der Waals surface area contributed by atoms with Gasteiger partial charge in [0.2, 0.25) is 11.8 Å². The monoisotopic (exact) mass is 563 g/mol. The van der Waals surface area contributed by atoms with Crippen LogP contribution in [0.25, 0.3) is 0 Å². The first kappa shape index (κ1) is 30.9. The van der Waals surface area contributed by atoms with Gasteiger partial charge in [0.1, 0.15) is 12.6 Å². The molecule has 0 radical (unpaired) electrons. The molecule has 214 valence electrons. The van der Waals surface area contributed by atoms with Gasteiger partial charge >= 0.3 is 0 Å². The predicted octanol–water partition coefficient (Wildman–Crippen LogP) is 5.39. The van der Waals surface area contributed by atoms with E-state index in [0.717, 1.165) is 22.3 Å². The maximum absolute atomic E-state index is 14.2. The Labute approximate surface area is 239 Å². The minimum atomic E-state index is -4.09. The topological polar surface area (TPSA) is 86.8 Å². The molecule has 0 bridgehead atoms. The molecule has 1 N–H and O–H groups in total. The molecule has 8 heteroatoms. The lowest BCUT2D eigenvalue weighted by Gasteiger charge is -2.34. The lowest BCUT2D eigenvalue weighted by molar-refractivity contribution is -0.140. The summed E-state index contributed by atoms with van der Waals surface area (Å²) in [6.45, 7) is 11.8. The van der Waals surface area contributed by atoms with Gasteiger partial charge in [0.15, 0.2) is 0 Å². The fourth-order valence-electron chi connectivity index (χ4n) is 4.59. The summed E-state index contributed by atoms with van der Waals surface area (Å²) < 4.78 is 29.1. The van der Waals surface area contributed by atoms with Gasteiger partial charge in [-0.2, -0.15) is 0 Å². The minimum Gasteiger partial charge on any atom is -0.354 e. The number of sulfonamides is 1. The molecule has 40 heavy (non-hydrogen) atoms. The molecule has 0 fully saturated rings. The van der Waals surface area contributed by atoms with Crippen LogP contribution in [0.2, 0.25) is 0 Å². The molecule has 0 unspecified atom stereocenters. The van der Waals surface area contributed by atoms with Crippen LogP contribution in [-0.2, 0) is 26.2 Å². The third-order valence-electron chi connectivity index (χ3n) is 6.96. The highest BCUT2D eigenvalue weighted by Crippen LogP contribution is 2.29. The van der Waals surface area contributed by atoms with Gasteiger partial charge in [0, 0.05) is 13.1 Å². The SMILES string of the molecule is CC[C@@H](C(=O)NCC(C)C)N(Cc1cccc(C)c1)C(=O)CN(c1cccc(C)c1C)S(=O)(=O)c1ccccc1. The van der Waals surface area contributed by atoms with Gasteiger partial charge in [-0.1, -0.05) is 80.9 Å². The lowest BCUT2D eigenvalue weighted by Crippen LogP contribution is -2.52. The van der Waals surface area contributed by atoms with Crippen molar-refractivity contribution >= 4 is 27.5 Å². The number of aryl methyl sites for hydroxylation is 2. The lowest BCUT2D eigenvalue weighted by atomic mass is 10.1. The molecule has 1 atom stereocenters. The number of benzene rings is 3. The quantitative estimate of drug-likeness (QED) is 0.320. The van der Waals surface area contributed by atoms with E-state index in [0.29, 0.717) is 18.7 Å². The molecule has 0 spiro atoms. The zero-order valence-corrected chi connectivity index (χ0v) is 25.2. The fourth-order valence-corrected chi connectivity index (χ4v) is 6.08. The van der Waals surface area contributed by atoms with Gasteiger partial charge in [-0.25, -0.2) is 8.42 Å². The molecule has 7 nitrogen and oxygen atoms in total. The van der Waals surface area contributed by atoms with Crippen molar-refractivity contribution in [3.8, 4) is 0 Å². The van der Waals surface area contributed by atoms with E-state index in [1.165, 1.54) is 21.3 Å². The summed E-state index contributed by atoms with van der Waals surface area (Å²) in [5.74, 6) is -0.451. The normalized spacial score (nSPS) is 12.2. The van der Waals surface area contributed by atoms with Gasteiger partial charge in [0.25, 0.3) is 10.0 Å². The molecular formula is C32H41N3O4S. The van der Waals surface area contributed by atoms with Crippen molar-refractivity contribution in [3.63, 3.8) is 0 Å². The predicted molar refractivity (Wildman–Crippen MR) is 161 cm³/mol. The second-order valence-electron chi connectivity index (χ2n) is 10.6. The number of hydrogen-bond acceptors (Lipinski definition) is 4. The van der Waals surface area contributed by atoms with Crippen LogP contribution in [0.5, 0.6) is 0 Å². The molecule has 0 heterocycles. The van der Waals surface area contributed by atoms with Crippen molar-refractivity contribution < 1.29 is 18.0 Å². The van der Waals surface area contributed by atoms with Gasteiger partial charge < -0.3 is 10.2 Å². The Morgan fingerprint density at radius 1 is 0.900 bits per heavy atom. The third kappa shape index (κ3) is 7.50. The first-order valence-corrected chi connectivity index (χ1v) is 15.2. The number of nitrogens with one attached hydrogen (secondary N) is 1. The Morgan fingerprint density at radius 2 is 1.57 bits per heavy atom. The molecule has 3 rings (SSSR count). The molecule has 0 saturated heterocycles. The van der Waals surface area contributed by atoms with Gasteiger partial charge in [-0.3, -0.25) is 13.9 Å². The number of carbonyl (C=O) groups excluding carboxylic acids is 2. The molecule has 2 amide bonds. The third-order valence-corrected chi connectivity index (χ3v) is 8.73. The first-order valence-electron chi connectivity index (χ1n) is 13.7. The van der Waals surface area contributed by atoms with E-state index >= 15 is 0 Å². The van der Waals surface area contributed by atoms with Crippen LogP contribution in [0, 0.1) is 26.7 Å². The van der Waals surface area contributed by atoms with Crippen molar-refractivity contribution in [2.45, 2.75) is 65.4 Å². The van der Waals surface area contributed by atoms with E-state index in [1.54, 1.807) is 30.3 Å². The van der Waals surface area contributed by atoms with Crippen molar-refractivity contribution in [2.75, 3.05) is 17.4 Å². The van der Waals surface area contributed by atoms with Crippen LogP contribution in [-0.4, -0.2) is 44.3 Å². The molecule has 0 saturated carbocycles. The van der Waals surface area contributed by atoms with E-state index in [2.05, 4.69) is 5.32 Å². The maximum atomic E-state index is 14.2. The van der Waals surface area contributed by atoms with E-state index in [1.807, 2.05) is 71.9 Å².